The van der Waals surface area contributed by atoms with Crippen LogP contribution < -0.4 is 4.74 Å². The maximum Gasteiger partial charge on any atom is 0.137 e. The van der Waals surface area contributed by atoms with Crippen molar-refractivity contribution < 1.29 is 4.74 Å². The second-order valence-electron chi connectivity index (χ2n) is 5.19. The summed E-state index contributed by atoms with van der Waals surface area (Å²) in [5, 5.41) is 0. The van der Waals surface area contributed by atoms with Crippen molar-refractivity contribution in [1.82, 2.24) is 14.3 Å². The molecule has 2 aromatic rings. The van der Waals surface area contributed by atoms with Gasteiger partial charge in [-0.1, -0.05) is 0 Å². The summed E-state index contributed by atoms with van der Waals surface area (Å²) in [5.41, 5.74) is 2.18. The van der Waals surface area contributed by atoms with Crippen molar-refractivity contribution in [3.63, 3.8) is 0 Å². The summed E-state index contributed by atoms with van der Waals surface area (Å²) in [6.07, 6.45) is 6.46. The van der Waals surface area contributed by atoms with E-state index < -0.39 is 0 Å². The quantitative estimate of drug-likeness (QED) is 0.826. The molecule has 1 fully saturated rings. The number of likely N-dealkylation sites (tertiary alicyclic amines) is 1. The molecule has 1 atom stereocenters. The Kier molecular flexibility index (Phi) is 2.96. The normalized spacial score (nSPS) is 20.7. The van der Waals surface area contributed by atoms with E-state index >= 15 is 0 Å². The SMILES string of the molecule is COc1ccc2nc(CC3CCN(C)C3)cn2c1. The minimum Gasteiger partial charge on any atom is -0.495 e. The molecule has 0 aromatic carbocycles. The highest BCUT2D eigenvalue weighted by molar-refractivity contribution is 5.43. The maximum atomic E-state index is 5.22. The molecule has 0 aliphatic carbocycles. The molecule has 0 bridgehead atoms. The first-order valence-corrected chi connectivity index (χ1v) is 6.45. The fourth-order valence-corrected chi connectivity index (χ4v) is 2.73. The van der Waals surface area contributed by atoms with Crippen LogP contribution in [0.25, 0.3) is 5.65 Å². The molecule has 96 valence electrons. The highest BCUT2D eigenvalue weighted by Crippen LogP contribution is 2.20. The van der Waals surface area contributed by atoms with Gasteiger partial charge in [0, 0.05) is 12.7 Å². The standard InChI is InChI=1S/C14H19N3O/c1-16-6-5-11(8-16)7-12-9-17-10-13(18-2)3-4-14(17)15-12/h3-4,9-11H,5-8H2,1-2H3. The summed E-state index contributed by atoms with van der Waals surface area (Å²) in [5.74, 6) is 1.62. The monoisotopic (exact) mass is 245 g/mol. The first-order valence-electron chi connectivity index (χ1n) is 6.45. The first kappa shape index (κ1) is 11.5. The van der Waals surface area contributed by atoms with Gasteiger partial charge < -0.3 is 14.0 Å². The van der Waals surface area contributed by atoms with Gasteiger partial charge in [-0.05, 0) is 44.5 Å². The van der Waals surface area contributed by atoms with Gasteiger partial charge in [0.25, 0.3) is 0 Å². The Hall–Kier alpha value is -1.55. The summed E-state index contributed by atoms with van der Waals surface area (Å²) in [4.78, 5) is 7.06. The summed E-state index contributed by atoms with van der Waals surface area (Å²) >= 11 is 0. The number of nitrogens with zero attached hydrogens (tertiary/aromatic N) is 3. The molecule has 3 heterocycles. The van der Waals surface area contributed by atoms with Crippen LogP contribution in [-0.4, -0.2) is 41.5 Å². The largest absolute Gasteiger partial charge is 0.495 e. The molecule has 3 rings (SSSR count). The molecule has 0 amide bonds. The van der Waals surface area contributed by atoms with Crippen molar-refractivity contribution in [2.45, 2.75) is 12.8 Å². The Bertz CT molecular complexity index is 549. The molecule has 0 radical (unpaired) electrons. The van der Waals surface area contributed by atoms with Crippen molar-refractivity contribution >= 4 is 5.65 Å². The molecule has 2 aromatic heterocycles. The highest BCUT2D eigenvalue weighted by Gasteiger charge is 2.20. The number of fused-ring (bicyclic) bond motifs is 1. The van der Waals surface area contributed by atoms with Crippen molar-refractivity contribution in [2.75, 3.05) is 27.2 Å². The van der Waals surface area contributed by atoms with Crippen LogP contribution in [0.15, 0.2) is 24.5 Å². The van der Waals surface area contributed by atoms with Gasteiger partial charge >= 0.3 is 0 Å². The van der Waals surface area contributed by atoms with Crippen LogP contribution in [0, 0.1) is 5.92 Å². The number of aromatic nitrogens is 2. The van der Waals surface area contributed by atoms with Gasteiger partial charge in [0.05, 0.1) is 19.0 Å². The van der Waals surface area contributed by atoms with E-state index in [1.165, 1.54) is 25.2 Å². The lowest BCUT2D eigenvalue weighted by molar-refractivity contribution is 0.394. The van der Waals surface area contributed by atoms with Gasteiger partial charge in [0.15, 0.2) is 0 Å². The zero-order valence-corrected chi connectivity index (χ0v) is 11.0. The Balaban J connectivity index is 1.80. The van der Waals surface area contributed by atoms with Gasteiger partial charge in [-0.2, -0.15) is 0 Å². The first-order chi connectivity index (χ1) is 8.74. The summed E-state index contributed by atoms with van der Waals surface area (Å²) in [6, 6.07) is 3.96. The van der Waals surface area contributed by atoms with E-state index in [-0.39, 0.29) is 0 Å². The molecule has 1 saturated heterocycles. The van der Waals surface area contributed by atoms with E-state index in [1.54, 1.807) is 7.11 Å². The van der Waals surface area contributed by atoms with Gasteiger partial charge in [-0.3, -0.25) is 0 Å². The van der Waals surface area contributed by atoms with E-state index in [4.69, 9.17) is 4.74 Å². The molecule has 0 N–H and O–H groups in total. The van der Waals surface area contributed by atoms with Gasteiger partial charge in [-0.15, -0.1) is 0 Å². The second-order valence-corrected chi connectivity index (χ2v) is 5.19. The van der Waals surface area contributed by atoms with E-state index in [1.807, 2.05) is 22.7 Å². The smallest absolute Gasteiger partial charge is 0.137 e. The minimum absolute atomic E-state index is 0.752. The van der Waals surface area contributed by atoms with Gasteiger partial charge in [0.2, 0.25) is 0 Å². The number of rotatable bonds is 3. The zero-order valence-electron chi connectivity index (χ0n) is 11.0. The molecule has 1 unspecified atom stereocenters. The average molecular weight is 245 g/mol. The zero-order chi connectivity index (χ0) is 12.5. The lowest BCUT2D eigenvalue weighted by Crippen LogP contribution is -2.15. The average Bonchev–Trinajstić information content (AvgIpc) is 2.94. The third-order valence-electron chi connectivity index (χ3n) is 3.70. The molecule has 1 aliphatic rings. The third-order valence-corrected chi connectivity index (χ3v) is 3.70. The Morgan fingerprint density at radius 3 is 3.00 bits per heavy atom. The predicted octanol–water partition coefficient (Wildman–Crippen LogP) is 1.84. The van der Waals surface area contributed by atoms with Crippen LogP contribution in [0.3, 0.4) is 0 Å². The lowest BCUT2D eigenvalue weighted by atomic mass is 10.0. The topological polar surface area (TPSA) is 29.8 Å². The molecular weight excluding hydrogens is 226 g/mol. The fourth-order valence-electron chi connectivity index (χ4n) is 2.73. The van der Waals surface area contributed by atoms with Crippen molar-refractivity contribution in [3.8, 4) is 5.75 Å². The van der Waals surface area contributed by atoms with Crippen molar-refractivity contribution in [3.05, 3.63) is 30.2 Å². The molecular formula is C14H19N3O. The van der Waals surface area contributed by atoms with Crippen LogP contribution in [0.5, 0.6) is 5.75 Å². The number of hydrogen-bond donors (Lipinski definition) is 0. The Labute approximate surface area is 107 Å². The number of pyridine rings is 1. The number of ether oxygens (including phenoxy) is 1. The number of imidazole rings is 1. The van der Waals surface area contributed by atoms with Crippen LogP contribution in [0.1, 0.15) is 12.1 Å². The van der Waals surface area contributed by atoms with E-state index in [0.29, 0.717) is 0 Å². The summed E-state index contributed by atoms with van der Waals surface area (Å²) < 4.78 is 7.27. The van der Waals surface area contributed by atoms with Crippen LogP contribution in [0.2, 0.25) is 0 Å². The minimum atomic E-state index is 0.752. The van der Waals surface area contributed by atoms with Crippen molar-refractivity contribution in [1.29, 1.82) is 0 Å². The van der Waals surface area contributed by atoms with E-state index in [0.717, 1.165) is 23.7 Å². The third kappa shape index (κ3) is 2.20. The molecule has 0 spiro atoms. The van der Waals surface area contributed by atoms with Gasteiger partial charge in [0.1, 0.15) is 11.4 Å². The second kappa shape index (κ2) is 4.61. The van der Waals surface area contributed by atoms with E-state index in [9.17, 15) is 0 Å². The summed E-state index contributed by atoms with van der Waals surface area (Å²) in [7, 11) is 3.88. The molecule has 18 heavy (non-hydrogen) atoms. The Morgan fingerprint density at radius 1 is 1.39 bits per heavy atom. The lowest BCUT2D eigenvalue weighted by Gasteiger charge is -2.07. The molecule has 1 aliphatic heterocycles. The number of hydrogen-bond acceptors (Lipinski definition) is 3. The van der Waals surface area contributed by atoms with Crippen LogP contribution >= 0.6 is 0 Å². The predicted molar refractivity (Wildman–Crippen MR) is 71.1 cm³/mol. The van der Waals surface area contributed by atoms with E-state index in [2.05, 4.69) is 23.1 Å². The van der Waals surface area contributed by atoms with Crippen molar-refractivity contribution in [2.24, 2.45) is 5.92 Å². The molecule has 4 heteroatoms. The highest BCUT2D eigenvalue weighted by atomic mass is 16.5. The summed E-state index contributed by atoms with van der Waals surface area (Å²) in [6.45, 7) is 2.41. The van der Waals surface area contributed by atoms with Gasteiger partial charge in [-0.25, -0.2) is 4.98 Å². The maximum absolute atomic E-state index is 5.22. The molecule has 0 saturated carbocycles. The fraction of sp³-hybridized carbons (Fsp3) is 0.500. The van der Waals surface area contributed by atoms with Crippen LogP contribution in [-0.2, 0) is 6.42 Å². The number of methoxy groups -OCH3 is 1. The molecule has 4 nitrogen and oxygen atoms in total. The van der Waals surface area contributed by atoms with Crippen LogP contribution in [0.4, 0.5) is 0 Å². The Morgan fingerprint density at radius 2 is 2.28 bits per heavy atom.